The maximum Gasteiger partial charge on any atom is 0.238 e. The maximum absolute atomic E-state index is 11.6. The van der Waals surface area contributed by atoms with Crippen LogP contribution < -0.4 is 0 Å². The zero-order valence-corrected chi connectivity index (χ0v) is 9.12. The number of hydrogen-bond donors (Lipinski definition) is 0. The minimum Gasteiger partial charge on any atom is -0.300 e. The fraction of sp³-hybridized carbons (Fsp3) is 0.778. The average molecular weight is 231 g/mol. The topological polar surface area (TPSA) is 71.5 Å². The van der Waals surface area contributed by atoms with Crippen LogP contribution in [-0.2, 0) is 19.6 Å². The maximum atomic E-state index is 11.6. The third kappa shape index (κ3) is 1.90. The van der Waals surface area contributed by atoms with E-state index in [1.165, 1.54) is 0 Å². The number of ketones is 1. The number of carbonyl (C=O) groups is 2. The molecule has 84 valence electrons. The van der Waals surface area contributed by atoms with Crippen LogP contribution in [0.5, 0.6) is 0 Å². The first-order chi connectivity index (χ1) is 7.00. The molecule has 0 bridgehead atoms. The second-order valence-corrected chi connectivity index (χ2v) is 5.99. The van der Waals surface area contributed by atoms with Crippen molar-refractivity contribution in [2.45, 2.75) is 38.1 Å². The van der Waals surface area contributed by atoms with Crippen molar-refractivity contribution in [3.8, 4) is 0 Å². The van der Waals surface area contributed by atoms with Crippen LogP contribution in [0.15, 0.2) is 0 Å². The molecule has 2 rings (SSSR count). The van der Waals surface area contributed by atoms with Crippen LogP contribution in [0, 0.1) is 0 Å². The van der Waals surface area contributed by atoms with Crippen LogP contribution in [0.3, 0.4) is 0 Å². The highest BCUT2D eigenvalue weighted by Crippen LogP contribution is 2.27. The van der Waals surface area contributed by atoms with E-state index in [1.54, 1.807) is 0 Å². The van der Waals surface area contributed by atoms with E-state index < -0.39 is 10.0 Å². The van der Waals surface area contributed by atoms with Gasteiger partial charge in [-0.25, -0.2) is 12.7 Å². The van der Waals surface area contributed by atoms with E-state index in [0.717, 1.165) is 4.31 Å². The quantitative estimate of drug-likeness (QED) is 0.639. The molecule has 0 atom stereocenters. The van der Waals surface area contributed by atoms with Crippen molar-refractivity contribution in [3.63, 3.8) is 0 Å². The molecule has 1 aliphatic heterocycles. The first-order valence-corrected chi connectivity index (χ1v) is 6.68. The van der Waals surface area contributed by atoms with Crippen molar-refractivity contribution < 1.29 is 18.0 Å². The predicted molar refractivity (Wildman–Crippen MR) is 52.5 cm³/mol. The van der Waals surface area contributed by atoms with E-state index in [0.29, 0.717) is 25.7 Å². The normalized spacial score (nSPS) is 27.3. The van der Waals surface area contributed by atoms with Crippen LogP contribution >= 0.6 is 0 Å². The summed E-state index contributed by atoms with van der Waals surface area (Å²) in [5.74, 6) is -0.222. The van der Waals surface area contributed by atoms with Crippen molar-refractivity contribution >= 4 is 21.7 Å². The zero-order chi connectivity index (χ0) is 11.1. The van der Waals surface area contributed by atoms with Gasteiger partial charge in [0, 0.05) is 25.3 Å². The molecule has 0 N–H and O–H groups in total. The molecule has 0 spiro atoms. The van der Waals surface area contributed by atoms with Gasteiger partial charge in [0.25, 0.3) is 0 Å². The van der Waals surface area contributed by atoms with E-state index in [2.05, 4.69) is 0 Å². The number of sulfonamides is 1. The first kappa shape index (κ1) is 10.6. The lowest BCUT2D eigenvalue weighted by atomic mass is 9.94. The highest BCUT2D eigenvalue weighted by atomic mass is 32.2. The molecule has 1 saturated heterocycles. The molecule has 0 radical (unpaired) electrons. The molecular weight excluding hydrogens is 218 g/mol. The Bertz CT molecular complexity index is 390. The Morgan fingerprint density at radius 1 is 1.07 bits per heavy atom. The van der Waals surface area contributed by atoms with Crippen molar-refractivity contribution in [1.29, 1.82) is 0 Å². The second kappa shape index (κ2) is 3.59. The van der Waals surface area contributed by atoms with E-state index in [9.17, 15) is 18.0 Å². The van der Waals surface area contributed by atoms with Gasteiger partial charge in [0.15, 0.2) is 0 Å². The lowest BCUT2D eigenvalue weighted by molar-refractivity contribution is -0.129. The summed E-state index contributed by atoms with van der Waals surface area (Å²) in [4.78, 5) is 22.4. The summed E-state index contributed by atoms with van der Waals surface area (Å²) in [5, 5.41) is 0. The van der Waals surface area contributed by atoms with E-state index >= 15 is 0 Å². The Morgan fingerprint density at radius 3 is 2.13 bits per heavy atom. The minimum absolute atomic E-state index is 0.0731. The number of nitrogens with zero attached hydrogens (tertiary/aromatic N) is 1. The summed E-state index contributed by atoms with van der Waals surface area (Å²) in [6.45, 7) is 0. The monoisotopic (exact) mass is 231 g/mol. The van der Waals surface area contributed by atoms with Gasteiger partial charge in [-0.3, -0.25) is 9.59 Å². The molecule has 1 amide bonds. The van der Waals surface area contributed by atoms with E-state index in [-0.39, 0.29) is 29.9 Å². The van der Waals surface area contributed by atoms with Crippen molar-refractivity contribution in [2.75, 3.05) is 5.75 Å². The molecule has 0 unspecified atom stereocenters. The van der Waals surface area contributed by atoms with Crippen LogP contribution in [-0.4, -0.2) is 36.2 Å². The van der Waals surface area contributed by atoms with Crippen molar-refractivity contribution in [2.24, 2.45) is 0 Å². The molecule has 1 heterocycles. The van der Waals surface area contributed by atoms with Gasteiger partial charge in [-0.2, -0.15) is 0 Å². The molecule has 0 aromatic rings. The highest BCUT2D eigenvalue weighted by molar-refractivity contribution is 7.90. The van der Waals surface area contributed by atoms with Crippen LogP contribution in [0.25, 0.3) is 0 Å². The van der Waals surface area contributed by atoms with Crippen molar-refractivity contribution in [3.05, 3.63) is 0 Å². The summed E-state index contributed by atoms with van der Waals surface area (Å²) in [7, 11) is -3.38. The van der Waals surface area contributed by atoms with Crippen LogP contribution in [0.4, 0.5) is 0 Å². The third-order valence-corrected chi connectivity index (χ3v) is 4.79. The fourth-order valence-electron chi connectivity index (χ4n) is 2.17. The number of carbonyl (C=O) groups excluding carboxylic acids is 2. The van der Waals surface area contributed by atoms with Gasteiger partial charge in [0.2, 0.25) is 15.9 Å². The van der Waals surface area contributed by atoms with E-state index in [1.807, 2.05) is 0 Å². The predicted octanol–water partition coefficient (Wildman–Crippen LogP) is 0.0602. The molecule has 2 aliphatic rings. The highest BCUT2D eigenvalue weighted by Gasteiger charge is 2.40. The number of rotatable bonds is 1. The van der Waals surface area contributed by atoms with Crippen LogP contribution in [0.2, 0.25) is 0 Å². The van der Waals surface area contributed by atoms with Gasteiger partial charge in [-0.1, -0.05) is 0 Å². The Kier molecular flexibility index (Phi) is 2.54. The standard InChI is InChI=1S/C9H13NO4S/c11-8-3-1-7(2-4-8)10-9(12)5-6-15(10,13)14/h7H,1-6H2. The van der Waals surface area contributed by atoms with Crippen molar-refractivity contribution in [1.82, 2.24) is 4.31 Å². The first-order valence-electron chi connectivity index (χ1n) is 5.07. The van der Waals surface area contributed by atoms with Gasteiger partial charge in [-0.05, 0) is 12.8 Å². The Hall–Kier alpha value is -0.910. The lowest BCUT2D eigenvalue weighted by Gasteiger charge is -2.29. The molecule has 1 saturated carbocycles. The Morgan fingerprint density at radius 2 is 1.67 bits per heavy atom. The summed E-state index contributed by atoms with van der Waals surface area (Å²) in [6, 6.07) is -0.275. The second-order valence-electron chi connectivity index (χ2n) is 4.03. The Balaban J connectivity index is 2.16. The fourth-order valence-corrected chi connectivity index (χ4v) is 3.87. The summed E-state index contributed by atoms with van der Waals surface area (Å²) in [6.07, 6.45) is 1.86. The molecular formula is C9H13NO4S. The molecule has 2 fully saturated rings. The van der Waals surface area contributed by atoms with Crippen LogP contribution in [0.1, 0.15) is 32.1 Å². The average Bonchev–Trinajstić information content (AvgIpc) is 2.43. The van der Waals surface area contributed by atoms with Gasteiger partial charge < -0.3 is 0 Å². The third-order valence-electron chi connectivity index (χ3n) is 2.96. The molecule has 5 nitrogen and oxygen atoms in total. The molecule has 0 aromatic heterocycles. The SMILES string of the molecule is O=C1CCC(N2C(=O)CCS2(=O)=O)CC1. The number of hydrogen-bond acceptors (Lipinski definition) is 4. The molecule has 15 heavy (non-hydrogen) atoms. The summed E-state index contributed by atoms with van der Waals surface area (Å²) >= 11 is 0. The number of Topliss-reactive ketones (excluding diaryl/α,β-unsaturated/α-hetero) is 1. The van der Waals surface area contributed by atoms with Gasteiger partial charge in [-0.15, -0.1) is 0 Å². The lowest BCUT2D eigenvalue weighted by Crippen LogP contribution is -2.41. The summed E-state index contributed by atoms with van der Waals surface area (Å²) < 4.78 is 24.2. The molecule has 0 aromatic carbocycles. The minimum atomic E-state index is -3.38. The number of amides is 1. The molecule has 1 aliphatic carbocycles. The zero-order valence-electron chi connectivity index (χ0n) is 8.31. The van der Waals surface area contributed by atoms with Gasteiger partial charge in [0.05, 0.1) is 5.75 Å². The van der Waals surface area contributed by atoms with Gasteiger partial charge >= 0.3 is 0 Å². The molecule has 6 heteroatoms. The largest absolute Gasteiger partial charge is 0.300 e. The smallest absolute Gasteiger partial charge is 0.238 e. The van der Waals surface area contributed by atoms with E-state index in [4.69, 9.17) is 0 Å². The van der Waals surface area contributed by atoms with Gasteiger partial charge in [0.1, 0.15) is 5.78 Å². The Labute approximate surface area is 88.5 Å². The summed E-state index contributed by atoms with van der Waals surface area (Å²) in [5.41, 5.74) is 0.